The molecule has 0 aliphatic carbocycles. The van der Waals surface area contributed by atoms with Crippen LogP contribution in [0.4, 0.5) is 0 Å². The fourth-order valence-corrected chi connectivity index (χ4v) is 2.24. The summed E-state index contributed by atoms with van der Waals surface area (Å²) in [6.45, 7) is 5.12. The van der Waals surface area contributed by atoms with Crippen molar-refractivity contribution in [1.29, 1.82) is 0 Å². The molecule has 3 nitrogen and oxygen atoms in total. The Morgan fingerprint density at radius 1 is 1.37 bits per heavy atom. The van der Waals surface area contributed by atoms with E-state index in [0.29, 0.717) is 5.22 Å². The van der Waals surface area contributed by atoms with Gasteiger partial charge in [-0.1, -0.05) is 13.0 Å². The van der Waals surface area contributed by atoms with Gasteiger partial charge in [-0.3, -0.25) is 4.98 Å². The van der Waals surface area contributed by atoms with E-state index >= 15 is 0 Å². The maximum absolute atomic E-state index is 6.08. The summed E-state index contributed by atoms with van der Waals surface area (Å²) < 4.78 is 5.19. The van der Waals surface area contributed by atoms with E-state index in [0.717, 1.165) is 30.6 Å². The molecule has 0 aliphatic heterocycles. The maximum Gasteiger partial charge on any atom is 0.197 e. The number of furan rings is 1. The lowest BCUT2D eigenvalue weighted by molar-refractivity contribution is 0.509. The molecule has 4 heteroatoms. The van der Waals surface area contributed by atoms with Crippen LogP contribution >= 0.6 is 11.6 Å². The quantitative estimate of drug-likeness (QED) is 0.870. The molecular weight excluding hydrogens is 260 g/mol. The Labute approximate surface area is 119 Å². The maximum atomic E-state index is 6.08. The first kappa shape index (κ1) is 14.1. The van der Waals surface area contributed by atoms with Crippen LogP contribution in [0, 0.1) is 6.92 Å². The molecule has 2 rings (SSSR count). The summed E-state index contributed by atoms with van der Waals surface area (Å²) in [6, 6.07) is 6.20. The molecule has 2 aromatic rings. The zero-order chi connectivity index (χ0) is 13.7. The van der Waals surface area contributed by atoms with Gasteiger partial charge in [0.05, 0.1) is 6.26 Å². The second-order valence-corrected chi connectivity index (χ2v) is 5.03. The number of hydrogen-bond donors (Lipinski definition) is 1. The third-order valence-corrected chi connectivity index (χ3v) is 3.36. The first-order chi connectivity index (χ1) is 9.20. The van der Waals surface area contributed by atoms with Crippen molar-refractivity contribution < 1.29 is 4.42 Å². The van der Waals surface area contributed by atoms with Crippen molar-refractivity contribution in [2.75, 3.05) is 6.54 Å². The Morgan fingerprint density at radius 2 is 2.21 bits per heavy atom. The lowest BCUT2D eigenvalue weighted by Crippen LogP contribution is -2.24. The summed E-state index contributed by atoms with van der Waals surface area (Å²) in [6.07, 6.45) is 5.40. The highest BCUT2D eigenvalue weighted by molar-refractivity contribution is 6.29. The van der Waals surface area contributed by atoms with E-state index in [2.05, 4.69) is 29.4 Å². The number of rotatable bonds is 6. The van der Waals surface area contributed by atoms with Gasteiger partial charge in [-0.15, -0.1) is 0 Å². The lowest BCUT2D eigenvalue weighted by Gasteiger charge is -2.17. The topological polar surface area (TPSA) is 38.1 Å². The van der Waals surface area contributed by atoms with Gasteiger partial charge in [-0.2, -0.15) is 0 Å². The molecule has 0 spiro atoms. The van der Waals surface area contributed by atoms with Gasteiger partial charge in [0.1, 0.15) is 0 Å². The van der Waals surface area contributed by atoms with E-state index < -0.39 is 0 Å². The van der Waals surface area contributed by atoms with E-state index in [1.54, 1.807) is 6.26 Å². The zero-order valence-corrected chi connectivity index (χ0v) is 12.1. The molecule has 0 aliphatic rings. The fourth-order valence-electron chi connectivity index (χ4n) is 1.99. The average molecular weight is 279 g/mol. The molecule has 0 bridgehead atoms. The summed E-state index contributed by atoms with van der Waals surface area (Å²) in [5, 5.41) is 3.95. The van der Waals surface area contributed by atoms with Gasteiger partial charge in [0.25, 0.3) is 0 Å². The number of aryl methyl sites for hydroxylation is 1. The second-order valence-electron chi connectivity index (χ2n) is 4.69. The minimum atomic E-state index is 0.140. The number of hydrogen-bond acceptors (Lipinski definition) is 3. The van der Waals surface area contributed by atoms with Crippen LogP contribution in [0.3, 0.4) is 0 Å². The first-order valence-corrected chi connectivity index (χ1v) is 6.96. The predicted octanol–water partition coefficient (Wildman–Crippen LogP) is 3.92. The molecular formula is C15H19ClN2O. The monoisotopic (exact) mass is 278 g/mol. The van der Waals surface area contributed by atoms with Crippen molar-refractivity contribution in [3.63, 3.8) is 0 Å². The SMILES string of the molecule is CCCNC(Cc1ccc(C)cn1)c1ccoc1Cl. The van der Waals surface area contributed by atoms with E-state index in [-0.39, 0.29) is 6.04 Å². The van der Waals surface area contributed by atoms with Crippen molar-refractivity contribution in [1.82, 2.24) is 10.3 Å². The van der Waals surface area contributed by atoms with Gasteiger partial charge >= 0.3 is 0 Å². The lowest BCUT2D eigenvalue weighted by atomic mass is 10.0. The number of pyridine rings is 1. The number of halogens is 1. The molecule has 0 amide bonds. The predicted molar refractivity (Wildman–Crippen MR) is 77.4 cm³/mol. The van der Waals surface area contributed by atoms with Crippen molar-refractivity contribution >= 4 is 11.6 Å². The van der Waals surface area contributed by atoms with Crippen molar-refractivity contribution in [3.8, 4) is 0 Å². The molecule has 2 aromatic heterocycles. The highest BCUT2D eigenvalue weighted by atomic mass is 35.5. The normalized spacial score (nSPS) is 12.6. The van der Waals surface area contributed by atoms with Gasteiger partial charge in [0, 0.05) is 29.9 Å². The third kappa shape index (κ3) is 3.82. The number of nitrogens with zero attached hydrogens (tertiary/aromatic N) is 1. The Balaban J connectivity index is 2.14. The van der Waals surface area contributed by atoms with Crippen LogP contribution in [0.25, 0.3) is 0 Å². The second kappa shape index (κ2) is 6.73. The molecule has 1 atom stereocenters. The standard InChI is InChI=1S/C15H19ClN2O/c1-3-7-17-14(13-6-8-19-15(13)16)9-12-5-4-11(2)10-18-12/h4-6,8,10,14,17H,3,7,9H2,1-2H3. The molecule has 0 radical (unpaired) electrons. The molecule has 102 valence electrons. The third-order valence-electron chi connectivity index (χ3n) is 3.05. The summed E-state index contributed by atoms with van der Waals surface area (Å²) in [7, 11) is 0. The minimum absolute atomic E-state index is 0.140. The number of aromatic nitrogens is 1. The largest absolute Gasteiger partial charge is 0.453 e. The van der Waals surface area contributed by atoms with Crippen LogP contribution in [0.15, 0.2) is 35.1 Å². The van der Waals surface area contributed by atoms with Crippen LogP contribution in [0.1, 0.15) is 36.2 Å². The van der Waals surface area contributed by atoms with Crippen LogP contribution in [0.2, 0.25) is 5.22 Å². The van der Waals surface area contributed by atoms with Crippen molar-refractivity contribution in [2.45, 2.75) is 32.7 Å². The fraction of sp³-hybridized carbons (Fsp3) is 0.400. The number of nitrogens with one attached hydrogen (secondary N) is 1. The summed E-state index contributed by atoms with van der Waals surface area (Å²) in [5.74, 6) is 0. The van der Waals surface area contributed by atoms with Gasteiger partial charge < -0.3 is 9.73 Å². The van der Waals surface area contributed by atoms with Crippen molar-refractivity contribution in [3.05, 3.63) is 52.7 Å². The van der Waals surface area contributed by atoms with Gasteiger partial charge in [0.2, 0.25) is 0 Å². The Kier molecular flexibility index (Phi) is 5.00. The van der Waals surface area contributed by atoms with Crippen LogP contribution < -0.4 is 5.32 Å². The molecule has 1 N–H and O–H groups in total. The molecule has 2 heterocycles. The molecule has 0 saturated carbocycles. The van der Waals surface area contributed by atoms with Crippen LogP contribution in [-0.4, -0.2) is 11.5 Å². The highest BCUT2D eigenvalue weighted by Gasteiger charge is 2.17. The molecule has 19 heavy (non-hydrogen) atoms. The van der Waals surface area contributed by atoms with E-state index in [9.17, 15) is 0 Å². The molecule has 0 fully saturated rings. The summed E-state index contributed by atoms with van der Waals surface area (Å²) in [4.78, 5) is 4.45. The van der Waals surface area contributed by atoms with Gasteiger partial charge in [0.15, 0.2) is 5.22 Å². The Bertz CT molecular complexity index is 507. The van der Waals surface area contributed by atoms with Crippen molar-refractivity contribution in [2.24, 2.45) is 0 Å². The van der Waals surface area contributed by atoms with Crippen LogP contribution in [-0.2, 0) is 6.42 Å². The van der Waals surface area contributed by atoms with Gasteiger partial charge in [-0.25, -0.2) is 0 Å². The summed E-state index contributed by atoms with van der Waals surface area (Å²) >= 11 is 6.08. The molecule has 0 saturated heterocycles. The highest BCUT2D eigenvalue weighted by Crippen LogP contribution is 2.26. The molecule has 0 aromatic carbocycles. The smallest absolute Gasteiger partial charge is 0.197 e. The average Bonchev–Trinajstić information content (AvgIpc) is 2.83. The minimum Gasteiger partial charge on any atom is -0.453 e. The Morgan fingerprint density at radius 3 is 2.79 bits per heavy atom. The zero-order valence-electron chi connectivity index (χ0n) is 11.3. The van der Waals surface area contributed by atoms with E-state index in [4.69, 9.17) is 16.0 Å². The van der Waals surface area contributed by atoms with E-state index in [1.807, 2.05) is 19.2 Å². The van der Waals surface area contributed by atoms with E-state index in [1.165, 1.54) is 5.56 Å². The summed E-state index contributed by atoms with van der Waals surface area (Å²) in [5.41, 5.74) is 3.22. The van der Waals surface area contributed by atoms with Gasteiger partial charge in [-0.05, 0) is 49.2 Å². The Hall–Kier alpha value is -1.32. The molecule has 1 unspecified atom stereocenters. The van der Waals surface area contributed by atoms with Crippen LogP contribution in [0.5, 0.6) is 0 Å². The first-order valence-electron chi connectivity index (χ1n) is 6.58.